The van der Waals surface area contributed by atoms with Crippen molar-refractivity contribution in [2.45, 2.75) is 19.9 Å². The Hall–Kier alpha value is -2.59. The second kappa shape index (κ2) is 6.89. The zero-order chi connectivity index (χ0) is 17.1. The van der Waals surface area contributed by atoms with Gasteiger partial charge >= 0.3 is 0 Å². The van der Waals surface area contributed by atoms with Gasteiger partial charge < -0.3 is 9.88 Å². The number of hydrogen-bond donors (Lipinski definition) is 1. The topological polar surface area (TPSA) is 51.1 Å². The highest BCUT2D eigenvalue weighted by molar-refractivity contribution is 6.31. The van der Waals surface area contributed by atoms with E-state index in [1.807, 2.05) is 24.3 Å². The molecule has 3 rings (SSSR count). The number of carbonyl (C=O) groups is 1. The third-order valence-corrected chi connectivity index (χ3v) is 4.13. The van der Waals surface area contributed by atoms with Crippen molar-refractivity contribution in [3.05, 3.63) is 75.5 Å². The summed E-state index contributed by atoms with van der Waals surface area (Å²) in [7, 11) is 0. The molecule has 24 heavy (non-hydrogen) atoms. The van der Waals surface area contributed by atoms with Crippen molar-refractivity contribution >= 4 is 34.1 Å². The third kappa shape index (κ3) is 3.49. The molecule has 0 saturated carbocycles. The average molecular weight is 341 g/mol. The maximum Gasteiger partial charge on any atom is 0.244 e. The largest absolute Gasteiger partial charge is 0.338 e. The van der Waals surface area contributed by atoms with E-state index in [1.54, 1.807) is 29.0 Å². The highest BCUT2D eigenvalue weighted by Gasteiger charge is 2.08. The lowest BCUT2D eigenvalue weighted by Gasteiger charge is -2.11. The lowest BCUT2D eigenvalue weighted by atomic mass is 10.1. The number of halogens is 1. The van der Waals surface area contributed by atoms with Gasteiger partial charge in [0.25, 0.3) is 0 Å². The van der Waals surface area contributed by atoms with E-state index in [-0.39, 0.29) is 17.9 Å². The Bertz CT molecular complexity index is 946. The van der Waals surface area contributed by atoms with E-state index >= 15 is 0 Å². The zero-order valence-electron chi connectivity index (χ0n) is 13.3. The molecular weight excluding hydrogens is 324 g/mol. The molecule has 3 aromatic rings. The molecule has 0 spiro atoms. The quantitative estimate of drug-likeness (QED) is 0.784. The highest BCUT2D eigenvalue weighted by atomic mass is 35.5. The second-order valence-corrected chi connectivity index (χ2v) is 6.00. The fourth-order valence-electron chi connectivity index (χ4n) is 2.60. The molecule has 0 fully saturated rings. The number of aromatic nitrogens is 1. The van der Waals surface area contributed by atoms with Crippen molar-refractivity contribution in [1.29, 1.82) is 0 Å². The second-order valence-electron chi connectivity index (χ2n) is 5.57. The van der Waals surface area contributed by atoms with Gasteiger partial charge in [-0.3, -0.25) is 9.59 Å². The molecular formula is C19H17ClN2O2. The minimum absolute atomic E-state index is 0.112. The van der Waals surface area contributed by atoms with Gasteiger partial charge in [-0.25, -0.2) is 0 Å². The molecule has 2 aromatic carbocycles. The van der Waals surface area contributed by atoms with Crippen LogP contribution in [0.3, 0.4) is 0 Å². The van der Waals surface area contributed by atoms with Gasteiger partial charge in [-0.2, -0.15) is 0 Å². The van der Waals surface area contributed by atoms with E-state index in [4.69, 9.17) is 11.6 Å². The number of nitrogens with zero attached hydrogens (tertiary/aromatic N) is 1. The summed E-state index contributed by atoms with van der Waals surface area (Å²) >= 11 is 5.95. The number of anilines is 1. The summed E-state index contributed by atoms with van der Waals surface area (Å²) in [6, 6.07) is 14.3. The summed E-state index contributed by atoms with van der Waals surface area (Å²) in [4.78, 5) is 24.2. The number of hydrogen-bond acceptors (Lipinski definition) is 2. The molecule has 1 amide bonds. The van der Waals surface area contributed by atoms with Crippen LogP contribution in [0.2, 0.25) is 5.02 Å². The van der Waals surface area contributed by atoms with Gasteiger partial charge in [-0.15, -0.1) is 0 Å². The maximum atomic E-state index is 12.3. The number of amides is 1. The van der Waals surface area contributed by atoms with Crippen LogP contribution < -0.4 is 10.7 Å². The molecule has 0 unspecified atom stereocenters. The Morgan fingerprint density at radius 2 is 1.88 bits per heavy atom. The Morgan fingerprint density at radius 3 is 2.58 bits per heavy atom. The van der Waals surface area contributed by atoms with E-state index in [0.717, 1.165) is 12.1 Å². The molecule has 0 aliphatic heterocycles. The Labute approximate surface area is 144 Å². The molecule has 0 radical (unpaired) electrons. The standard InChI is InChI=1S/C19H17ClN2O2/c1-2-13-3-6-15(7-4-13)21-19(24)12-22-10-9-18(23)16-11-14(20)5-8-17(16)22/h3-11H,2,12H2,1H3,(H,21,24). The van der Waals surface area contributed by atoms with Crippen LogP contribution in [0.25, 0.3) is 10.9 Å². The summed E-state index contributed by atoms with van der Waals surface area (Å²) in [6.45, 7) is 2.20. The molecule has 0 atom stereocenters. The Kier molecular flexibility index (Phi) is 4.67. The minimum Gasteiger partial charge on any atom is -0.338 e. The summed E-state index contributed by atoms with van der Waals surface area (Å²) < 4.78 is 1.74. The van der Waals surface area contributed by atoms with Gasteiger partial charge in [0.05, 0.1) is 5.52 Å². The fraction of sp³-hybridized carbons (Fsp3) is 0.158. The number of rotatable bonds is 4. The molecule has 0 aliphatic rings. The van der Waals surface area contributed by atoms with Crippen LogP contribution in [0.1, 0.15) is 12.5 Å². The van der Waals surface area contributed by atoms with Crippen LogP contribution in [-0.2, 0) is 17.8 Å². The fourth-order valence-corrected chi connectivity index (χ4v) is 2.77. The van der Waals surface area contributed by atoms with Gasteiger partial charge in [-0.05, 0) is 42.3 Å². The first kappa shape index (κ1) is 16.3. The molecule has 1 aromatic heterocycles. The number of benzene rings is 2. The molecule has 0 aliphatic carbocycles. The van der Waals surface area contributed by atoms with Crippen LogP contribution in [-0.4, -0.2) is 10.5 Å². The predicted octanol–water partition coefficient (Wildman–Crippen LogP) is 3.86. The molecule has 4 nitrogen and oxygen atoms in total. The Morgan fingerprint density at radius 1 is 1.12 bits per heavy atom. The minimum atomic E-state index is -0.154. The molecule has 1 heterocycles. The van der Waals surface area contributed by atoms with Crippen molar-refractivity contribution in [1.82, 2.24) is 4.57 Å². The van der Waals surface area contributed by atoms with Crippen LogP contribution in [0.4, 0.5) is 5.69 Å². The third-order valence-electron chi connectivity index (χ3n) is 3.90. The first-order chi connectivity index (χ1) is 11.6. The highest BCUT2D eigenvalue weighted by Crippen LogP contribution is 2.17. The number of nitrogens with one attached hydrogen (secondary N) is 1. The van der Waals surface area contributed by atoms with Crippen LogP contribution in [0.15, 0.2) is 59.5 Å². The first-order valence-corrected chi connectivity index (χ1v) is 8.12. The van der Waals surface area contributed by atoms with Crippen molar-refractivity contribution in [3.63, 3.8) is 0 Å². The van der Waals surface area contributed by atoms with Crippen molar-refractivity contribution in [2.24, 2.45) is 0 Å². The predicted molar refractivity (Wildman–Crippen MR) is 97.7 cm³/mol. The smallest absolute Gasteiger partial charge is 0.244 e. The molecule has 0 saturated heterocycles. The zero-order valence-corrected chi connectivity index (χ0v) is 14.0. The van der Waals surface area contributed by atoms with Gasteiger partial charge in [0.1, 0.15) is 6.54 Å². The SMILES string of the molecule is CCc1ccc(NC(=O)Cn2ccc(=O)c3cc(Cl)ccc32)cc1. The molecule has 122 valence electrons. The molecule has 5 heteroatoms. The van der Waals surface area contributed by atoms with Crippen molar-refractivity contribution in [2.75, 3.05) is 5.32 Å². The summed E-state index contributed by atoms with van der Waals surface area (Å²) in [6.07, 6.45) is 2.58. The van der Waals surface area contributed by atoms with Crippen molar-refractivity contribution in [3.8, 4) is 0 Å². The summed E-state index contributed by atoms with van der Waals surface area (Å²) in [5.74, 6) is -0.154. The van der Waals surface area contributed by atoms with Gasteiger partial charge in [0.2, 0.25) is 5.91 Å². The van der Waals surface area contributed by atoms with E-state index in [2.05, 4.69) is 12.2 Å². The van der Waals surface area contributed by atoms with Crippen LogP contribution in [0.5, 0.6) is 0 Å². The Balaban J connectivity index is 1.82. The number of fused-ring (bicyclic) bond motifs is 1. The number of pyridine rings is 1. The van der Waals surface area contributed by atoms with Gasteiger partial charge in [0, 0.05) is 28.4 Å². The van der Waals surface area contributed by atoms with Crippen molar-refractivity contribution < 1.29 is 4.79 Å². The number of carbonyl (C=O) groups excluding carboxylic acids is 1. The van der Waals surface area contributed by atoms with E-state index in [9.17, 15) is 9.59 Å². The summed E-state index contributed by atoms with van der Waals surface area (Å²) in [5, 5.41) is 3.87. The molecule has 0 bridgehead atoms. The lowest BCUT2D eigenvalue weighted by molar-refractivity contribution is -0.116. The van der Waals surface area contributed by atoms with Gasteiger partial charge in [0.15, 0.2) is 5.43 Å². The van der Waals surface area contributed by atoms with E-state index in [0.29, 0.717) is 15.9 Å². The first-order valence-electron chi connectivity index (χ1n) is 7.74. The lowest BCUT2D eigenvalue weighted by Crippen LogP contribution is -2.20. The number of aryl methyl sites for hydroxylation is 1. The van der Waals surface area contributed by atoms with Crippen LogP contribution in [0, 0.1) is 0 Å². The van der Waals surface area contributed by atoms with Gasteiger partial charge in [-0.1, -0.05) is 30.7 Å². The van der Waals surface area contributed by atoms with E-state index < -0.39 is 0 Å². The monoisotopic (exact) mass is 340 g/mol. The van der Waals surface area contributed by atoms with E-state index in [1.165, 1.54) is 11.6 Å². The normalized spacial score (nSPS) is 10.8. The summed E-state index contributed by atoms with van der Waals surface area (Å²) in [5.41, 5.74) is 2.55. The van der Waals surface area contributed by atoms with Crippen LogP contribution >= 0.6 is 11.6 Å². The molecule has 1 N–H and O–H groups in total. The maximum absolute atomic E-state index is 12.3. The average Bonchev–Trinajstić information content (AvgIpc) is 2.58.